The number of imidazole rings is 1. The van der Waals surface area contributed by atoms with Crippen LogP contribution in [-0.4, -0.2) is 61.4 Å². The number of anilines is 1. The smallest absolute Gasteiger partial charge is 0.257 e. The van der Waals surface area contributed by atoms with Crippen molar-refractivity contribution in [3.8, 4) is 0 Å². The molecule has 8 nitrogen and oxygen atoms in total. The minimum absolute atomic E-state index is 0.0702. The second kappa shape index (κ2) is 5.87. The molecule has 3 aromatic heterocycles. The van der Waals surface area contributed by atoms with E-state index in [-0.39, 0.29) is 5.91 Å². The van der Waals surface area contributed by atoms with Gasteiger partial charge in [0.15, 0.2) is 5.65 Å². The fourth-order valence-electron chi connectivity index (χ4n) is 3.35. The van der Waals surface area contributed by atoms with Crippen LogP contribution in [0.25, 0.3) is 5.65 Å². The summed E-state index contributed by atoms with van der Waals surface area (Å²) in [6.07, 6.45) is 3.58. The van der Waals surface area contributed by atoms with Crippen molar-refractivity contribution in [2.75, 3.05) is 31.1 Å². The lowest BCUT2D eigenvalue weighted by atomic mass is 10.1. The Morgan fingerprint density at radius 1 is 1.08 bits per heavy atom. The van der Waals surface area contributed by atoms with Gasteiger partial charge in [0, 0.05) is 51.3 Å². The van der Waals surface area contributed by atoms with Crippen LogP contribution in [0.4, 0.5) is 5.82 Å². The van der Waals surface area contributed by atoms with Crippen LogP contribution in [0.3, 0.4) is 0 Å². The van der Waals surface area contributed by atoms with Crippen molar-refractivity contribution in [3.63, 3.8) is 0 Å². The van der Waals surface area contributed by atoms with Crippen molar-refractivity contribution in [3.05, 3.63) is 41.5 Å². The van der Waals surface area contributed by atoms with Crippen molar-refractivity contribution in [2.45, 2.75) is 13.8 Å². The molecule has 4 heterocycles. The minimum atomic E-state index is 0.0702. The van der Waals surface area contributed by atoms with Crippen LogP contribution in [0.2, 0.25) is 0 Å². The lowest BCUT2D eigenvalue weighted by Gasteiger charge is -2.35. The van der Waals surface area contributed by atoms with Gasteiger partial charge in [-0.1, -0.05) is 0 Å². The Labute approximate surface area is 145 Å². The molecule has 4 rings (SSSR count). The first kappa shape index (κ1) is 15.6. The summed E-state index contributed by atoms with van der Waals surface area (Å²) < 4.78 is 3.54. The lowest BCUT2D eigenvalue weighted by molar-refractivity contribution is 0.0745. The van der Waals surface area contributed by atoms with Gasteiger partial charge in [-0.15, -0.1) is 5.10 Å². The molecule has 0 unspecified atom stereocenters. The molecular formula is C17H21N7O. The van der Waals surface area contributed by atoms with Gasteiger partial charge in [-0.25, -0.2) is 9.50 Å². The van der Waals surface area contributed by atoms with E-state index < -0.39 is 0 Å². The maximum absolute atomic E-state index is 12.9. The van der Waals surface area contributed by atoms with Gasteiger partial charge < -0.3 is 9.80 Å². The summed E-state index contributed by atoms with van der Waals surface area (Å²) in [5.74, 6) is 0.979. The van der Waals surface area contributed by atoms with Crippen LogP contribution in [0.5, 0.6) is 0 Å². The molecule has 1 aliphatic heterocycles. The molecule has 25 heavy (non-hydrogen) atoms. The van der Waals surface area contributed by atoms with E-state index in [1.807, 2.05) is 44.1 Å². The number of amides is 1. The lowest BCUT2D eigenvalue weighted by Crippen LogP contribution is -2.49. The number of nitrogens with zero attached hydrogens (tertiary/aromatic N) is 7. The van der Waals surface area contributed by atoms with E-state index in [0.29, 0.717) is 13.1 Å². The molecule has 1 amide bonds. The van der Waals surface area contributed by atoms with Gasteiger partial charge in [-0.3, -0.25) is 9.48 Å². The molecule has 0 N–H and O–H groups in total. The molecule has 130 valence electrons. The molecule has 1 fully saturated rings. The average molecular weight is 339 g/mol. The third-order valence-electron chi connectivity index (χ3n) is 4.85. The molecular weight excluding hydrogens is 318 g/mol. The second-order valence-electron chi connectivity index (χ2n) is 6.37. The van der Waals surface area contributed by atoms with E-state index >= 15 is 0 Å². The van der Waals surface area contributed by atoms with E-state index in [1.54, 1.807) is 15.4 Å². The molecule has 0 aromatic carbocycles. The highest BCUT2D eigenvalue weighted by Crippen LogP contribution is 2.18. The second-order valence-corrected chi connectivity index (χ2v) is 6.37. The van der Waals surface area contributed by atoms with E-state index in [2.05, 4.69) is 20.1 Å². The normalized spacial score (nSPS) is 15.2. The largest absolute Gasteiger partial charge is 0.352 e. The SMILES string of the molecule is Cc1nn(C)c(C)c1C(=O)N1CCN(c2ccc3nccn3n2)CC1. The van der Waals surface area contributed by atoms with E-state index in [4.69, 9.17) is 0 Å². The standard InChI is InChI=1S/C17H21N7O/c1-12-16(13(2)21(3)19-12)17(25)23-10-8-22(9-11-23)15-5-4-14-18-6-7-24(14)20-15/h4-7H,8-11H2,1-3H3. The van der Waals surface area contributed by atoms with Gasteiger partial charge in [0.2, 0.25) is 0 Å². The average Bonchev–Trinajstić information content (AvgIpc) is 3.18. The van der Waals surface area contributed by atoms with E-state index in [9.17, 15) is 4.79 Å². The molecule has 8 heteroatoms. The Balaban J connectivity index is 1.48. The van der Waals surface area contributed by atoms with Crippen LogP contribution in [-0.2, 0) is 7.05 Å². The molecule has 1 aliphatic rings. The van der Waals surface area contributed by atoms with Gasteiger partial charge in [-0.2, -0.15) is 5.10 Å². The summed E-state index contributed by atoms with van der Waals surface area (Å²) in [6.45, 7) is 6.70. The quantitative estimate of drug-likeness (QED) is 0.698. The maximum atomic E-state index is 12.9. The Hall–Kier alpha value is -2.90. The van der Waals surface area contributed by atoms with Crippen molar-refractivity contribution < 1.29 is 4.79 Å². The topological polar surface area (TPSA) is 71.6 Å². The fraction of sp³-hybridized carbons (Fsp3) is 0.412. The third kappa shape index (κ3) is 2.63. The van der Waals surface area contributed by atoms with Gasteiger partial charge in [-0.05, 0) is 26.0 Å². The summed E-state index contributed by atoms with van der Waals surface area (Å²) in [5, 5.41) is 8.93. The number of carbonyl (C=O) groups is 1. The number of hydrogen-bond acceptors (Lipinski definition) is 5. The van der Waals surface area contributed by atoms with E-state index in [0.717, 1.165) is 41.5 Å². The number of piperazine rings is 1. The monoisotopic (exact) mass is 339 g/mol. The zero-order valence-electron chi connectivity index (χ0n) is 14.7. The Bertz CT molecular complexity index is 934. The molecule has 1 saturated heterocycles. The maximum Gasteiger partial charge on any atom is 0.257 e. The highest BCUT2D eigenvalue weighted by molar-refractivity contribution is 5.96. The molecule has 0 spiro atoms. The summed E-state index contributed by atoms with van der Waals surface area (Å²) in [5.41, 5.74) is 3.27. The number of aryl methyl sites for hydroxylation is 2. The number of fused-ring (bicyclic) bond motifs is 1. The minimum Gasteiger partial charge on any atom is -0.352 e. The Morgan fingerprint density at radius 2 is 1.84 bits per heavy atom. The zero-order valence-corrected chi connectivity index (χ0v) is 14.7. The first-order chi connectivity index (χ1) is 12.0. The van der Waals surface area contributed by atoms with Gasteiger partial charge in [0.25, 0.3) is 5.91 Å². The number of aromatic nitrogens is 5. The first-order valence-electron chi connectivity index (χ1n) is 8.39. The van der Waals surface area contributed by atoms with E-state index in [1.165, 1.54) is 0 Å². The summed E-state index contributed by atoms with van der Waals surface area (Å²) in [7, 11) is 1.87. The highest BCUT2D eigenvalue weighted by atomic mass is 16.2. The summed E-state index contributed by atoms with van der Waals surface area (Å²) in [4.78, 5) is 21.2. The van der Waals surface area contributed by atoms with Crippen molar-refractivity contribution in [1.82, 2.24) is 29.3 Å². The van der Waals surface area contributed by atoms with Crippen LogP contribution < -0.4 is 4.90 Å². The molecule has 0 saturated carbocycles. The molecule has 3 aromatic rings. The number of hydrogen-bond donors (Lipinski definition) is 0. The number of carbonyl (C=O) groups excluding carboxylic acids is 1. The first-order valence-corrected chi connectivity index (χ1v) is 8.39. The molecule has 0 radical (unpaired) electrons. The predicted molar refractivity (Wildman–Crippen MR) is 93.8 cm³/mol. The van der Waals surface area contributed by atoms with Crippen LogP contribution >= 0.6 is 0 Å². The molecule has 0 bridgehead atoms. The Kier molecular flexibility index (Phi) is 3.67. The van der Waals surface area contributed by atoms with Gasteiger partial charge in [0.05, 0.1) is 11.3 Å². The third-order valence-corrected chi connectivity index (χ3v) is 4.85. The highest BCUT2D eigenvalue weighted by Gasteiger charge is 2.27. The van der Waals surface area contributed by atoms with Crippen molar-refractivity contribution in [2.24, 2.45) is 7.05 Å². The Morgan fingerprint density at radius 3 is 2.52 bits per heavy atom. The van der Waals surface area contributed by atoms with Crippen molar-refractivity contribution >= 4 is 17.4 Å². The van der Waals surface area contributed by atoms with Crippen molar-refractivity contribution in [1.29, 1.82) is 0 Å². The van der Waals surface area contributed by atoms with Crippen LogP contribution in [0.1, 0.15) is 21.7 Å². The summed E-state index contributed by atoms with van der Waals surface area (Å²) in [6, 6.07) is 3.94. The number of rotatable bonds is 2. The van der Waals surface area contributed by atoms with Gasteiger partial charge in [0.1, 0.15) is 5.82 Å². The van der Waals surface area contributed by atoms with Gasteiger partial charge >= 0.3 is 0 Å². The van der Waals surface area contributed by atoms with Crippen LogP contribution in [0, 0.1) is 13.8 Å². The summed E-state index contributed by atoms with van der Waals surface area (Å²) >= 11 is 0. The van der Waals surface area contributed by atoms with Crippen LogP contribution in [0.15, 0.2) is 24.5 Å². The fourth-order valence-corrected chi connectivity index (χ4v) is 3.35. The zero-order chi connectivity index (χ0) is 17.6. The molecule has 0 atom stereocenters. The molecule has 0 aliphatic carbocycles. The predicted octanol–water partition coefficient (Wildman–Crippen LogP) is 1.04.